The quantitative estimate of drug-likeness (QED) is 0.210. The van der Waals surface area contributed by atoms with Crippen LogP contribution in [0.1, 0.15) is 60.3 Å². The fourth-order valence-electron chi connectivity index (χ4n) is 2.88. The van der Waals surface area contributed by atoms with E-state index in [0.29, 0.717) is 0 Å². The zero-order valence-corrected chi connectivity index (χ0v) is 26.3. The molecule has 0 aliphatic carbocycles. The van der Waals surface area contributed by atoms with Crippen LogP contribution in [-0.2, 0) is 0 Å². The Morgan fingerprint density at radius 3 is 1.06 bits per heavy atom. The summed E-state index contributed by atoms with van der Waals surface area (Å²) in [5, 5.41) is 28.9. The Hall–Kier alpha value is -0.400. The maximum atomic E-state index is 8.65. The highest BCUT2D eigenvalue weighted by Gasteiger charge is 2.00. The lowest BCUT2D eigenvalue weighted by atomic mass is 10.1. The standard InChI is InChI=1S/2C7H18N2O.C6H17N3O.C6H14/c2*1-4-5-8(2)6-9(3)7-10;1-7-4-8(2)5-9(3)6-10;1-4-6(3)5-2/h2*10H,4-7H2,1-3H3;7,10H,4-6H2,1-3H3;6H,4-5H2,1-3H3. The smallest absolute Gasteiger partial charge is 0.0964 e. The van der Waals surface area contributed by atoms with Gasteiger partial charge in [0.1, 0.15) is 0 Å². The lowest BCUT2D eigenvalue weighted by molar-refractivity contribution is 0.0796. The maximum absolute atomic E-state index is 8.65. The third-order valence-electron chi connectivity index (χ3n) is 5.21. The number of rotatable bonds is 17. The van der Waals surface area contributed by atoms with E-state index in [1.54, 1.807) is 0 Å². The number of hydrogen-bond acceptors (Lipinski definition) is 10. The molecular formula is C26H67N7O3. The second-order valence-electron chi connectivity index (χ2n) is 9.87. The number of aliphatic hydroxyl groups is 3. The van der Waals surface area contributed by atoms with Crippen LogP contribution < -0.4 is 5.32 Å². The van der Waals surface area contributed by atoms with Crippen molar-refractivity contribution in [2.75, 3.05) is 109 Å². The Labute approximate surface area is 225 Å². The Morgan fingerprint density at radius 1 is 0.556 bits per heavy atom. The van der Waals surface area contributed by atoms with Crippen molar-refractivity contribution in [1.82, 2.24) is 34.7 Å². The molecule has 0 fully saturated rings. The molecule has 0 saturated heterocycles. The molecular weight excluding hydrogens is 458 g/mol. The van der Waals surface area contributed by atoms with Crippen molar-refractivity contribution < 1.29 is 15.3 Å². The molecule has 0 aromatic heterocycles. The summed E-state index contributed by atoms with van der Waals surface area (Å²) in [6, 6.07) is 0. The second-order valence-corrected chi connectivity index (χ2v) is 9.87. The molecule has 0 saturated carbocycles. The first-order valence-electron chi connectivity index (χ1n) is 13.5. The molecule has 0 radical (unpaired) electrons. The fraction of sp³-hybridized carbons (Fsp3) is 1.00. The molecule has 0 bridgehead atoms. The Balaban J connectivity index is -0.000000193. The van der Waals surface area contributed by atoms with E-state index in [1.807, 2.05) is 49.9 Å². The molecule has 0 aromatic carbocycles. The number of hydrogen-bond donors (Lipinski definition) is 4. The molecule has 0 atom stereocenters. The van der Waals surface area contributed by atoms with Crippen molar-refractivity contribution in [3.63, 3.8) is 0 Å². The largest absolute Gasteiger partial charge is 0.381 e. The van der Waals surface area contributed by atoms with Crippen LogP contribution in [0.25, 0.3) is 0 Å². The van der Waals surface area contributed by atoms with Gasteiger partial charge in [-0.3, -0.25) is 29.4 Å². The summed E-state index contributed by atoms with van der Waals surface area (Å²) in [6.07, 6.45) is 4.98. The maximum Gasteiger partial charge on any atom is 0.0964 e. The van der Waals surface area contributed by atoms with Gasteiger partial charge in [-0.1, -0.05) is 47.5 Å². The van der Waals surface area contributed by atoms with Crippen LogP contribution in [0.4, 0.5) is 0 Å². The van der Waals surface area contributed by atoms with Gasteiger partial charge < -0.3 is 20.6 Å². The molecule has 10 heteroatoms. The molecule has 0 heterocycles. The predicted molar refractivity (Wildman–Crippen MR) is 156 cm³/mol. The highest BCUT2D eigenvalue weighted by atomic mass is 16.3. The van der Waals surface area contributed by atoms with Crippen LogP contribution in [0, 0.1) is 5.92 Å². The van der Waals surface area contributed by atoms with Crippen molar-refractivity contribution in [3.05, 3.63) is 0 Å². The van der Waals surface area contributed by atoms with Crippen molar-refractivity contribution in [3.8, 4) is 0 Å². The molecule has 0 aliphatic rings. The highest BCUT2D eigenvalue weighted by molar-refractivity contribution is 4.48. The Bertz CT molecular complexity index is 347. The van der Waals surface area contributed by atoms with Crippen LogP contribution in [0.2, 0.25) is 0 Å². The van der Waals surface area contributed by atoms with E-state index >= 15 is 0 Å². The highest BCUT2D eigenvalue weighted by Crippen LogP contribution is 2.02. The van der Waals surface area contributed by atoms with Gasteiger partial charge in [-0.15, -0.1) is 0 Å². The normalized spacial score (nSPS) is 11.2. The predicted octanol–water partition coefficient (Wildman–Crippen LogP) is 1.71. The first kappa shape index (κ1) is 42.7. The lowest BCUT2D eigenvalue weighted by Crippen LogP contribution is -2.37. The molecule has 0 amide bonds. The van der Waals surface area contributed by atoms with Crippen LogP contribution in [-0.4, -0.2) is 154 Å². The summed E-state index contributed by atoms with van der Waals surface area (Å²) < 4.78 is 0. The average Bonchev–Trinajstić information content (AvgIpc) is 2.84. The first-order valence-corrected chi connectivity index (χ1v) is 13.5. The van der Waals surface area contributed by atoms with Gasteiger partial charge >= 0.3 is 0 Å². The molecule has 0 aromatic rings. The van der Waals surface area contributed by atoms with Crippen LogP contribution in [0.5, 0.6) is 0 Å². The third-order valence-corrected chi connectivity index (χ3v) is 5.21. The topological polar surface area (TPSA) is 92.2 Å². The van der Waals surface area contributed by atoms with E-state index in [4.69, 9.17) is 15.3 Å². The summed E-state index contributed by atoms with van der Waals surface area (Å²) in [5.41, 5.74) is 0. The van der Waals surface area contributed by atoms with Crippen molar-refractivity contribution in [2.45, 2.75) is 60.3 Å². The van der Waals surface area contributed by atoms with Crippen LogP contribution in [0.15, 0.2) is 0 Å². The number of nitrogens with zero attached hydrogens (tertiary/aromatic N) is 6. The van der Waals surface area contributed by atoms with Crippen molar-refractivity contribution in [2.24, 2.45) is 5.92 Å². The van der Waals surface area contributed by atoms with Crippen molar-refractivity contribution >= 4 is 0 Å². The van der Waals surface area contributed by atoms with E-state index in [-0.39, 0.29) is 20.2 Å². The zero-order chi connectivity index (χ0) is 28.9. The minimum Gasteiger partial charge on any atom is -0.381 e. The number of aliphatic hydroxyl groups excluding tert-OH is 3. The van der Waals surface area contributed by atoms with Crippen LogP contribution >= 0.6 is 0 Å². The summed E-state index contributed by atoms with van der Waals surface area (Å²) >= 11 is 0. The molecule has 4 N–H and O–H groups in total. The molecule has 0 aliphatic heterocycles. The van der Waals surface area contributed by atoms with E-state index in [1.165, 1.54) is 12.8 Å². The summed E-state index contributed by atoms with van der Waals surface area (Å²) in [6.45, 7) is 16.9. The SMILES string of the molecule is CCC(C)CC.CCCN(C)CN(C)CO.CCCN(C)CN(C)CO.CNCN(C)CN(C)CO. The number of nitrogens with one attached hydrogen (secondary N) is 1. The molecule has 10 nitrogen and oxygen atoms in total. The third kappa shape index (κ3) is 38.1. The molecule has 0 rings (SSSR count). The monoisotopic (exact) mass is 526 g/mol. The van der Waals surface area contributed by atoms with Gasteiger partial charge in [0.05, 0.1) is 40.2 Å². The Kier molecular flexibility index (Phi) is 38.7. The fourth-order valence-corrected chi connectivity index (χ4v) is 2.88. The van der Waals surface area contributed by atoms with Crippen molar-refractivity contribution in [1.29, 1.82) is 0 Å². The average molecular weight is 526 g/mol. The Morgan fingerprint density at radius 2 is 0.861 bits per heavy atom. The summed E-state index contributed by atoms with van der Waals surface area (Å²) in [7, 11) is 13.6. The summed E-state index contributed by atoms with van der Waals surface area (Å²) in [4.78, 5) is 11.9. The minimum absolute atomic E-state index is 0.105. The molecule has 224 valence electrons. The van der Waals surface area contributed by atoms with Gasteiger partial charge in [0.2, 0.25) is 0 Å². The molecule has 0 unspecified atom stereocenters. The van der Waals surface area contributed by atoms with Gasteiger partial charge in [-0.25, -0.2) is 0 Å². The van der Waals surface area contributed by atoms with E-state index in [0.717, 1.165) is 58.5 Å². The minimum atomic E-state index is 0.105. The van der Waals surface area contributed by atoms with E-state index < -0.39 is 0 Å². The van der Waals surface area contributed by atoms with E-state index in [2.05, 4.69) is 68.7 Å². The molecule has 36 heavy (non-hydrogen) atoms. The second kappa shape index (κ2) is 32.6. The van der Waals surface area contributed by atoms with Gasteiger partial charge in [0.15, 0.2) is 0 Å². The zero-order valence-electron chi connectivity index (χ0n) is 26.3. The first-order chi connectivity index (χ1) is 16.9. The molecule has 0 spiro atoms. The lowest BCUT2D eigenvalue weighted by Gasteiger charge is -2.21. The van der Waals surface area contributed by atoms with Gasteiger partial charge in [-0.2, -0.15) is 0 Å². The van der Waals surface area contributed by atoms with Gasteiger partial charge in [0, 0.05) is 6.67 Å². The van der Waals surface area contributed by atoms with Crippen LogP contribution in [0.3, 0.4) is 0 Å². The summed E-state index contributed by atoms with van der Waals surface area (Å²) in [5.74, 6) is 0.935. The van der Waals surface area contributed by atoms with E-state index in [9.17, 15) is 0 Å². The van der Waals surface area contributed by atoms with Gasteiger partial charge in [-0.05, 0) is 81.2 Å². The van der Waals surface area contributed by atoms with Gasteiger partial charge in [0.25, 0.3) is 0 Å².